The van der Waals surface area contributed by atoms with E-state index in [2.05, 4.69) is 9.89 Å². The van der Waals surface area contributed by atoms with Crippen molar-refractivity contribution >= 4 is 23.8 Å². The Bertz CT molecular complexity index is 830. The number of ether oxygens (including phenoxy) is 1. The molecule has 0 bridgehead atoms. The molecule has 0 saturated heterocycles. The van der Waals surface area contributed by atoms with Crippen LogP contribution in [0.1, 0.15) is 28.4 Å². The summed E-state index contributed by atoms with van der Waals surface area (Å²) in [5.74, 6) is -0.518. The molecule has 1 heterocycles. The van der Waals surface area contributed by atoms with Crippen molar-refractivity contribution in [1.29, 1.82) is 0 Å². The Kier molecular flexibility index (Phi) is 5.31. The summed E-state index contributed by atoms with van der Waals surface area (Å²) in [5.41, 5.74) is 3.32. The van der Waals surface area contributed by atoms with Crippen molar-refractivity contribution < 1.29 is 19.2 Å². The van der Waals surface area contributed by atoms with Gasteiger partial charge < -0.3 is 14.5 Å². The number of anilines is 1. The number of fused-ring (bicyclic) bond motifs is 1. The molecule has 1 amide bonds. The molecule has 1 unspecified atom stereocenters. The Morgan fingerprint density at radius 3 is 2.65 bits per heavy atom. The highest BCUT2D eigenvalue weighted by atomic mass is 16.6. The summed E-state index contributed by atoms with van der Waals surface area (Å²) in [6, 6.07) is 14.7. The molecule has 1 aliphatic rings. The number of hydrogen-bond acceptors (Lipinski definition) is 5. The molecular weight excluding hydrogens is 332 g/mol. The average Bonchev–Trinajstić information content (AvgIpc) is 3.00. The van der Waals surface area contributed by atoms with Crippen LogP contribution in [0.15, 0.2) is 53.7 Å². The van der Waals surface area contributed by atoms with Crippen LogP contribution in [-0.2, 0) is 20.8 Å². The summed E-state index contributed by atoms with van der Waals surface area (Å²) in [5, 5.41) is 3.84. The molecule has 1 aliphatic heterocycles. The second kappa shape index (κ2) is 7.82. The van der Waals surface area contributed by atoms with Gasteiger partial charge in [-0.2, -0.15) is 0 Å². The molecule has 0 saturated carbocycles. The van der Waals surface area contributed by atoms with E-state index in [1.54, 1.807) is 29.2 Å². The number of hydrogen-bond donors (Lipinski definition) is 0. The van der Waals surface area contributed by atoms with Gasteiger partial charge in [0, 0.05) is 11.7 Å². The van der Waals surface area contributed by atoms with Gasteiger partial charge in [-0.25, -0.2) is 4.79 Å². The highest BCUT2D eigenvalue weighted by Crippen LogP contribution is 2.31. The van der Waals surface area contributed by atoms with Crippen LogP contribution in [-0.4, -0.2) is 37.8 Å². The zero-order valence-corrected chi connectivity index (χ0v) is 14.7. The molecule has 26 heavy (non-hydrogen) atoms. The lowest BCUT2D eigenvalue weighted by atomic mass is 10.1. The fraction of sp³-hybridized carbons (Fsp3) is 0.250. The average molecular weight is 352 g/mol. The Hall–Kier alpha value is -3.15. The normalized spacial score (nSPS) is 15.8. The molecule has 0 radical (unpaired) electrons. The Labute approximate surface area is 152 Å². The van der Waals surface area contributed by atoms with E-state index in [1.807, 2.05) is 31.2 Å². The van der Waals surface area contributed by atoms with Gasteiger partial charge in [-0.15, -0.1) is 0 Å². The summed E-state index contributed by atoms with van der Waals surface area (Å²) >= 11 is 0. The fourth-order valence-corrected chi connectivity index (χ4v) is 3.03. The molecular formula is C20H20N2O4. The summed E-state index contributed by atoms with van der Waals surface area (Å²) in [6.45, 7) is 1.89. The van der Waals surface area contributed by atoms with Crippen molar-refractivity contribution in [2.24, 2.45) is 5.16 Å². The molecule has 0 spiro atoms. The Morgan fingerprint density at radius 1 is 1.19 bits per heavy atom. The lowest BCUT2D eigenvalue weighted by molar-refractivity contribution is -0.123. The maximum absolute atomic E-state index is 12.5. The van der Waals surface area contributed by atoms with Crippen LogP contribution in [0, 0.1) is 0 Å². The van der Waals surface area contributed by atoms with E-state index in [1.165, 1.54) is 18.9 Å². The van der Waals surface area contributed by atoms with Crippen LogP contribution < -0.4 is 4.90 Å². The van der Waals surface area contributed by atoms with Crippen LogP contribution >= 0.6 is 0 Å². The number of nitrogens with zero attached hydrogens (tertiary/aromatic N) is 2. The smallest absolute Gasteiger partial charge is 0.337 e. The highest BCUT2D eigenvalue weighted by molar-refractivity contribution is 5.97. The van der Waals surface area contributed by atoms with Crippen molar-refractivity contribution in [3.05, 3.63) is 65.2 Å². The quantitative estimate of drug-likeness (QED) is 0.471. The number of benzene rings is 2. The van der Waals surface area contributed by atoms with E-state index < -0.39 is 5.97 Å². The van der Waals surface area contributed by atoms with Crippen LogP contribution in [0.4, 0.5) is 5.69 Å². The van der Waals surface area contributed by atoms with Gasteiger partial charge in [0.1, 0.15) is 0 Å². The number of amides is 1. The minimum atomic E-state index is -0.393. The summed E-state index contributed by atoms with van der Waals surface area (Å²) in [7, 11) is 1.34. The molecule has 134 valence electrons. The first kappa shape index (κ1) is 17.7. The van der Waals surface area contributed by atoms with Crippen molar-refractivity contribution in [3.63, 3.8) is 0 Å². The van der Waals surface area contributed by atoms with E-state index in [4.69, 9.17) is 4.84 Å². The number of rotatable bonds is 5. The second-order valence-electron chi connectivity index (χ2n) is 6.07. The third-order valence-electron chi connectivity index (χ3n) is 4.27. The van der Waals surface area contributed by atoms with Crippen molar-refractivity contribution in [1.82, 2.24) is 0 Å². The third kappa shape index (κ3) is 3.74. The van der Waals surface area contributed by atoms with Gasteiger partial charge in [0.05, 0.1) is 18.9 Å². The number of oxime groups is 1. The molecule has 2 aromatic carbocycles. The molecule has 6 heteroatoms. The van der Waals surface area contributed by atoms with E-state index in [0.717, 1.165) is 17.7 Å². The molecule has 1 atom stereocenters. The molecule has 0 aromatic heterocycles. The maximum atomic E-state index is 12.5. The van der Waals surface area contributed by atoms with Crippen molar-refractivity contribution in [3.8, 4) is 0 Å². The number of carbonyl (C=O) groups excluding carboxylic acids is 2. The van der Waals surface area contributed by atoms with Crippen LogP contribution in [0.2, 0.25) is 0 Å². The zero-order valence-electron chi connectivity index (χ0n) is 14.7. The van der Waals surface area contributed by atoms with Gasteiger partial charge in [0.15, 0.2) is 6.61 Å². The maximum Gasteiger partial charge on any atom is 0.337 e. The second-order valence-corrected chi connectivity index (χ2v) is 6.07. The Morgan fingerprint density at radius 2 is 1.92 bits per heavy atom. The zero-order chi connectivity index (χ0) is 18.5. The molecule has 0 aliphatic carbocycles. The number of esters is 1. The van der Waals surface area contributed by atoms with Gasteiger partial charge in [-0.1, -0.05) is 35.5 Å². The summed E-state index contributed by atoms with van der Waals surface area (Å²) in [4.78, 5) is 30.8. The predicted molar refractivity (Wildman–Crippen MR) is 98.4 cm³/mol. The molecule has 3 rings (SSSR count). The summed E-state index contributed by atoms with van der Waals surface area (Å²) < 4.78 is 4.64. The third-order valence-corrected chi connectivity index (χ3v) is 4.27. The fourth-order valence-electron chi connectivity index (χ4n) is 3.03. The van der Waals surface area contributed by atoms with Gasteiger partial charge in [0.25, 0.3) is 5.91 Å². The monoisotopic (exact) mass is 352 g/mol. The van der Waals surface area contributed by atoms with E-state index in [9.17, 15) is 9.59 Å². The molecule has 0 fully saturated rings. The van der Waals surface area contributed by atoms with Crippen LogP contribution in [0.3, 0.4) is 0 Å². The van der Waals surface area contributed by atoms with Gasteiger partial charge in [-0.3, -0.25) is 4.79 Å². The molecule has 6 nitrogen and oxygen atoms in total. The van der Waals surface area contributed by atoms with Gasteiger partial charge >= 0.3 is 5.97 Å². The van der Waals surface area contributed by atoms with Gasteiger partial charge in [-0.05, 0) is 42.7 Å². The predicted octanol–water partition coefficient (Wildman–Crippen LogP) is 2.80. The largest absolute Gasteiger partial charge is 0.465 e. The van der Waals surface area contributed by atoms with E-state index in [-0.39, 0.29) is 18.6 Å². The van der Waals surface area contributed by atoms with Crippen molar-refractivity contribution in [2.75, 3.05) is 18.6 Å². The Balaban J connectivity index is 1.55. The number of methoxy groups -OCH3 is 1. The molecule has 2 aromatic rings. The van der Waals surface area contributed by atoms with Crippen LogP contribution in [0.5, 0.6) is 0 Å². The van der Waals surface area contributed by atoms with Gasteiger partial charge in [0.2, 0.25) is 0 Å². The topological polar surface area (TPSA) is 68.2 Å². The first-order valence-corrected chi connectivity index (χ1v) is 8.34. The first-order valence-electron chi connectivity index (χ1n) is 8.34. The van der Waals surface area contributed by atoms with Crippen molar-refractivity contribution in [2.45, 2.75) is 19.4 Å². The van der Waals surface area contributed by atoms with E-state index in [0.29, 0.717) is 5.56 Å². The van der Waals surface area contributed by atoms with E-state index >= 15 is 0 Å². The minimum Gasteiger partial charge on any atom is -0.465 e. The number of para-hydroxylation sites is 1. The number of carbonyl (C=O) groups is 2. The first-order chi connectivity index (χ1) is 12.6. The lowest BCUT2D eigenvalue weighted by Crippen LogP contribution is -2.37. The molecule has 0 N–H and O–H groups in total. The minimum absolute atomic E-state index is 0.110. The standard InChI is InChI=1S/C20H20N2O4/c1-14-11-17-5-3-4-6-18(17)22(14)19(23)13-26-21-12-15-7-9-16(10-8-15)20(24)25-2/h3-10,12,14H,11,13H2,1-2H3/b21-12+. The SMILES string of the molecule is COC(=O)c1ccc(/C=N/OCC(=O)N2c3ccccc3CC2C)cc1. The highest BCUT2D eigenvalue weighted by Gasteiger charge is 2.30. The lowest BCUT2D eigenvalue weighted by Gasteiger charge is -2.21. The summed E-state index contributed by atoms with van der Waals surface area (Å²) in [6.07, 6.45) is 2.34. The van der Waals surface area contributed by atoms with Crippen LogP contribution in [0.25, 0.3) is 0 Å².